The van der Waals surface area contributed by atoms with Gasteiger partial charge in [0.1, 0.15) is 17.3 Å². The molecule has 2 heterocycles. The Morgan fingerprint density at radius 3 is 2.65 bits per heavy atom. The van der Waals surface area contributed by atoms with E-state index < -0.39 is 0 Å². The van der Waals surface area contributed by atoms with Gasteiger partial charge in [-0.1, -0.05) is 18.2 Å². The maximum atomic E-state index is 13.5. The maximum Gasteiger partial charge on any atom is 0.274 e. The van der Waals surface area contributed by atoms with Gasteiger partial charge >= 0.3 is 0 Å². The fraction of sp³-hybridized carbons (Fsp3) is 0.353. The number of nitrogens with one attached hydrogen (secondary N) is 1. The van der Waals surface area contributed by atoms with E-state index in [9.17, 15) is 9.18 Å². The molecule has 1 amide bonds. The van der Waals surface area contributed by atoms with E-state index in [4.69, 9.17) is 0 Å². The van der Waals surface area contributed by atoms with Gasteiger partial charge in [-0.15, -0.1) is 0 Å². The number of likely N-dealkylation sites (tertiary alicyclic amines) is 1. The third-order valence-corrected chi connectivity index (χ3v) is 3.92. The summed E-state index contributed by atoms with van der Waals surface area (Å²) < 4.78 is 13.5. The fourth-order valence-corrected chi connectivity index (χ4v) is 2.64. The number of hydrogen-bond donors (Lipinski definition) is 1. The minimum absolute atomic E-state index is 0.0621. The molecule has 1 aromatic heterocycles. The van der Waals surface area contributed by atoms with Crippen molar-refractivity contribution < 1.29 is 9.18 Å². The van der Waals surface area contributed by atoms with E-state index in [1.807, 2.05) is 6.07 Å². The lowest BCUT2D eigenvalue weighted by atomic mass is 10.1. The van der Waals surface area contributed by atoms with Crippen LogP contribution in [-0.2, 0) is 6.42 Å². The molecule has 23 heavy (non-hydrogen) atoms. The summed E-state index contributed by atoms with van der Waals surface area (Å²) in [5.74, 6) is 0.319. The summed E-state index contributed by atoms with van der Waals surface area (Å²) in [6.07, 6.45) is 5.70. The number of carbonyl (C=O) groups is 1. The Morgan fingerprint density at radius 1 is 1.17 bits per heavy atom. The average molecular weight is 314 g/mol. The first kappa shape index (κ1) is 15.4. The molecule has 0 spiro atoms. The minimum Gasteiger partial charge on any atom is -0.368 e. The molecule has 0 bridgehead atoms. The smallest absolute Gasteiger partial charge is 0.274 e. The molecule has 1 aromatic carbocycles. The highest BCUT2D eigenvalue weighted by Gasteiger charge is 2.20. The first-order chi connectivity index (χ1) is 11.2. The molecule has 1 N–H and O–H groups in total. The maximum absolute atomic E-state index is 13.5. The third-order valence-electron chi connectivity index (χ3n) is 3.92. The summed E-state index contributed by atoms with van der Waals surface area (Å²) in [4.78, 5) is 22.3. The fourth-order valence-electron chi connectivity index (χ4n) is 2.64. The van der Waals surface area contributed by atoms with E-state index in [1.54, 1.807) is 23.2 Å². The molecule has 5 nitrogen and oxygen atoms in total. The highest BCUT2D eigenvalue weighted by atomic mass is 19.1. The van der Waals surface area contributed by atoms with Crippen LogP contribution in [0.4, 0.5) is 10.2 Å². The van der Waals surface area contributed by atoms with Gasteiger partial charge in [0.2, 0.25) is 0 Å². The van der Waals surface area contributed by atoms with Crippen LogP contribution in [-0.4, -0.2) is 40.4 Å². The molecule has 3 rings (SSSR count). The largest absolute Gasteiger partial charge is 0.368 e. The predicted molar refractivity (Wildman–Crippen MR) is 85.8 cm³/mol. The SMILES string of the molecule is O=C(c1cnc(NCCc2ccccc2F)cn1)N1CCCC1. The van der Waals surface area contributed by atoms with Crippen LogP contribution in [0.15, 0.2) is 36.7 Å². The monoisotopic (exact) mass is 314 g/mol. The first-order valence-corrected chi connectivity index (χ1v) is 7.82. The number of nitrogens with zero attached hydrogens (tertiary/aromatic N) is 3. The van der Waals surface area contributed by atoms with Crippen LogP contribution in [0.2, 0.25) is 0 Å². The average Bonchev–Trinajstić information content (AvgIpc) is 3.11. The van der Waals surface area contributed by atoms with Crippen molar-refractivity contribution in [2.24, 2.45) is 0 Å². The zero-order valence-electron chi connectivity index (χ0n) is 12.8. The van der Waals surface area contributed by atoms with Crippen molar-refractivity contribution in [3.8, 4) is 0 Å². The van der Waals surface area contributed by atoms with Gasteiger partial charge in [0.25, 0.3) is 5.91 Å². The van der Waals surface area contributed by atoms with Gasteiger partial charge in [-0.2, -0.15) is 0 Å². The molecule has 1 aliphatic heterocycles. The predicted octanol–water partition coefficient (Wildman–Crippen LogP) is 2.51. The number of anilines is 1. The highest BCUT2D eigenvalue weighted by molar-refractivity contribution is 5.92. The van der Waals surface area contributed by atoms with Crippen LogP contribution in [0.25, 0.3) is 0 Å². The summed E-state index contributed by atoms with van der Waals surface area (Å²) in [6, 6.07) is 6.71. The van der Waals surface area contributed by atoms with E-state index in [0.717, 1.165) is 25.9 Å². The zero-order chi connectivity index (χ0) is 16.1. The Morgan fingerprint density at radius 2 is 1.96 bits per heavy atom. The Bertz CT molecular complexity index is 669. The molecule has 0 aliphatic carbocycles. The van der Waals surface area contributed by atoms with Crippen LogP contribution in [0.1, 0.15) is 28.9 Å². The quantitative estimate of drug-likeness (QED) is 0.921. The number of benzene rings is 1. The number of rotatable bonds is 5. The molecular weight excluding hydrogens is 295 g/mol. The molecule has 0 atom stereocenters. The van der Waals surface area contributed by atoms with E-state index in [2.05, 4.69) is 15.3 Å². The standard InChI is InChI=1S/C17H19FN4O/c18-14-6-2-1-5-13(14)7-8-19-16-12-20-15(11-21-16)17(23)22-9-3-4-10-22/h1-2,5-6,11-12H,3-4,7-10H2,(H,19,21). The molecule has 6 heteroatoms. The molecule has 1 fully saturated rings. The molecule has 1 aliphatic rings. The summed E-state index contributed by atoms with van der Waals surface area (Å²) in [6.45, 7) is 2.14. The van der Waals surface area contributed by atoms with Crippen molar-refractivity contribution in [2.75, 3.05) is 25.0 Å². The summed E-state index contributed by atoms with van der Waals surface area (Å²) in [5, 5.41) is 3.09. The second-order valence-corrected chi connectivity index (χ2v) is 5.55. The second kappa shape index (κ2) is 7.17. The molecule has 1 saturated heterocycles. The normalized spacial score (nSPS) is 14.0. The van der Waals surface area contributed by atoms with Crippen molar-refractivity contribution in [1.82, 2.24) is 14.9 Å². The van der Waals surface area contributed by atoms with Crippen LogP contribution in [0.5, 0.6) is 0 Å². The summed E-state index contributed by atoms with van der Waals surface area (Å²) in [5.41, 5.74) is 1.03. The highest BCUT2D eigenvalue weighted by Crippen LogP contribution is 2.12. The van der Waals surface area contributed by atoms with Crippen LogP contribution >= 0.6 is 0 Å². The van der Waals surface area contributed by atoms with Crippen molar-refractivity contribution in [3.63, 3.8) is 0 Å². The summed E-state index contributed by atoms with van der Waals surface area (Å²) in [7, 11) is 0. The molecular formula is C17H19FN4O. The topological polar surface area (TPSA) is 58.1 Å². The van der Waals surface area contributed by atoms with Crippen LogP contribution in [0, 0.1) is 5.82 Å². The van der Waals surface area contributed by atoms with E-state index >= 15 is 0 Å². The number of halogens is 1. The van der Waals surface area contributed by atoms with E-state index in [0.29, 0.717) is 30.0 Å². The molecule has 120 valence electrons. The number of carbonyl (C=O) groups excluding carboxylic acids is 1. The van der Waals surface area contributed by atoms with E-state index in [-0.39, 0.29) is 11.7 Å². The molecule has 0 saturated carbocycles. The molecule has 0 unspecified atom stereocenters. The Hall–Kier alpha value is -2.50. The number of aromatic nitrogens is 2. The van der Waals surface area contributed by atoms with Crippen molar-refractivity contribution in [2.45, 2.75) is 19.3 Å². The lowest BCUT2D eigenvalue weighted by Gasteiger charge is -2.14. The lowest BCUT2D eigenvalue weighted by molar-refractivity contribution is 0.0786. The van der Waals surface area contributed by atoms with E-state index in [1.165, 1.54) is 12.3 Å². The van der Waals surface area contributed by atoms with Crippen LogP contribution < -0.4 is 5.32 Å². The van der Waals surface area contributed by atoms with Crippen LogP contribution in [0.3, 0.4) is 0 Å². The van der Waals surface area contributed by atoms with Gasteiger partial charge in [-0.3, -0.25) is 4.79 Å². The first-order valence-electron chi connectivity index (χ1n) is 7.82. The summed E-state index contributed by atoms with van der Waals surface area (Å²) >= 11 is 0. The number of amides is 1. The molecule has 0 radical (unpaired) electrons. The lowest BCUT2D eigenvalue weighted by Crippen LogP contribution is -2.28. The second-order valence-electron chi connectivity index (χ2n) is 5.55. The van der Waals surface area contributed by atoms with Crippen molar-refractivity contribution >= 4 is 11.7 Å². The van der Waals surface area contributed by atoms with Gasteiger partial charge in [0.05, 0.1) is 12.4 Å². The van der Waals surface area contributed by atoms with Gasteiger partial charge in [-0.05, 0) is 30.9 Å². The van der Waals surface area contributed by atoms with Gasteiger partial charge in [0.15, 0.2) is 0 Å². The van der Waals surface area contributed by atoms with Crippen molar-refractivity contribution in [3.05, 3.63) is 53.7 Å². The Labute approximate surface area is 134 Å². The van der Waals surface area contributed by atoms with Gasteiger partial charge < -0.3 is 10.2 Å². The molecule has 2 aromatic rings. The Kier molecular flexibility index (Phi) is 4.80. The number of hydrogen-bond acceptors (Lipinski definition) is 4. The Balaban J connectivity index is 1.53. The van der Waals surface area contributed by atoms with Gasteiger partial charge in [-0.25, -0.2) is 14.4 Å². The van der Waals surface area contributed by atoms with Gasteiger partial charge in [0, 0.05) is 19.6 Å². The third kappa shape index (κ3) is 3.83. The minimum atomic E-state index is -0.202. The van der Waals surface area contributed by atoms with Crippen molar-refractivity contribution in [1.29, 1.82) is 0 Å². The zero-order valence-corrected chi connectivity index (χ0v) is 12.8.